The number of anilines is 1. The van der Waals surface area contributed by atoms with Crippen LogP contribution in [-0.4, -0.2) is 30.9 Å². The van der Waals surface area contributed by atoms with Crippen LogP contribution < -0.4 is 10.1 Å². The molecule has 0 heterocycles. The van der Waals surface area contributed by atoms with E-state index < -0.39 is 11.6 Å². The Morgan fingerprint density at radius 2 is 1.91 bits per heavy atom. The monoisotopic (exact) mass is 309 g/mol. The molecule has 0 saturated heterocycles. The molecule has 122 valence electrons. The fraction of sp³-hybridized carbons (Fsp3) is 0.500. The van der Waals surface area contributed by atoms with Gasteiger partial charge in [-0.2, -0.15) is 0 Å². The van der Waals surface area contributed by atoms with E-state index in [9.17, 15) is 9.59 Å². The number of carbonyl (C=O) groups is 2. The lowest BCUT2D eigenvalue weighted by atomic mass is 10.2. The fourth-order valence-corrected chi connectivity index (χ4v) is 1.65. The minimum Gasteiger partial charge on any atom is -0.482 e. The molecule has 1 rings (SSSR count). The Kier molecular flexibility index (Phi) is 6.22. The van der Waals surface area contributed by atoms with Crippen LogP contribution in [0.4, 0.5) is 5.69 Å². The minimum absolute atomic E-state index is 0.105. The molecule has 0 spiro atoms. The van der Waals surface area contributed by atoms with Crippen molar-refractivity contribution in [3.63, 3.8) is 0 Å². The van der Waals surface area contributed by atoms with Crippen molar-refractivity contribution in [3.8, 4) is 5.75 Å². The van der Waals surface area contributed by atoms with Gasteiger partial charge in [0.2, 0.25) is 0 Å². The van der Waals surface area contributed by atoms with Crippen LogP contribution in [0.2, 0.25) is 0 Å². The van der Waals surface area contributed by atoms with Gasteiger partial charge in [0.1, 0.15) is 11.4 Å². The van der Waals surface area contributed by atoms with Gasteiger partial charge in [0.05, 0.1) is 0 Å². The molecular formula is C16H23NO5. The topological polar surface area (TPSA) is 73.9 Å². The van der Waals surface area contributed by atoms with Crippen LogP contribution in [0, 0.1) is 6.92 Å². The van der Waals surface area contributed by atoms with Gasteiger partial charge in [0, 0.05) is 12.6 Å². The van der Waals surface area contributed by atoms with E-state index in [1.165, 1.54) is 6.92 Å². The molecule has 0 unspecified atom stereocenters. The van der Waals surface area contributed by atoms with Gasteiger partial charge in [0.25, 0.3) is 0 Å². The second-order valence-corrected chi connectivity index (χ2v) is 5.81. The van der Waals surface area contributed by atoms with Crippen molar-refractivity contribution >= 4 is 17.6 Å². The first-order valence-electron chi connectivity index (χ1n) is 7.00. The minimum atomic E-state index is -0.527. The number of carbonyl (C=O) groups excluding carboxylic acids is 2. The van der Waals surface area contributed by atoms with Crippen LogP contribution in [0.25, 0.3) is 0 Å². The van der Waals surface area contributed by atoms with E-state index in [1.807, 2.05) is 6.92 Å². The molecule has 0 bridgehead atoms. The molecule has 6 nitrogen and oxygen atoms in total. The molecule has 1 aromatic carbocycles. The predicted molar refractivity (Wildman–Crippen MR) is 82.8 cm³/mol. The molecule has 0 saturated carbocycles. The number of hydrogen-bond donors (Lipinski definition) is 1. The molecule has 0 aliphatic heterocycles. The summed E-state index contributed by atoms with van der Waals surface area (Å²) in [6, 6.07) is 5.32. The average molecular weight is 309 g/mol. The summed E-state index contributed by atoms with van der Waals surface area (Å²) >= 11 is 0. The smallest absolute Gasteiger partial charge is 0.344 e. The Labute approximate surface area is 130 Å². The third kappa shape index (κ3) is 6.97. The van der Waals surface area contributed by atoms with Gasteiger partial charge in [-0.25, -0.2) is 4.79 Å². The SMILES string of the molecule is CC(=O)OCNc1ccc(OCC(=O)OC(C)(C)C)cc1C. The van der Waals surface area contributed by atoms with Crippen LogP contribution in [0.5, 0.6) is 5.75 Å². The van der Waals surface area contributed by atoms with E-state index in [1.54, 1.807) is 39.0 Å². The van der Waals surface area contributed by atoms with Gasteiger partial charge < -0.3 is 19.5 Å². The maximum Gasteiger partial charge on any atom is 0.344 e. The Morgan fingerprint density at radius 1 is 1.23 bits per heavy atom. The lowest BCUT2D eigenvalue weighted by Crippen LogP contribution is -2.27. The summed E-state index contributed by atoms with van der Waals surface area (Å²) in [4.78, 5) is 22.3. The second kappa shape index (κ2) is 7.68. The first-order valence-corrected chi connectivity index (χ1v) is 7.00. The van der Waals surface area contributed by atoms with Gasteiger partial charge in [-0.15, -0.1) is 0 Å². The summed E-state index contributed by atoms with van der Waals surface area (Å²) in [7, 11) is 0. The van der Waals surface area contributed by atoms with Crippen molar-refractivity contribution in [3.05, 3.63) is 23.8 Å². The molecule has 0 aliphatic carbocycles. The third-order valence-corrected chi connectivity index (χ3v) is 2.51. The molecule has 0 fully saturated rings. The van der Waals surface area contributed by atoms with Crippen LogP contribution in [0.15, 0.2) is 18.2 Å². The van der Waals surface area contributed by atoms with Crippen molar-refractivity contribution in [2.45, 2.75) is 40.2 Å². The molecule has 1 N–H and O–H groups in total. The standard InChI is InChI=1S/C16H23NO5/c1-11-8-13(20-9-15(19)22-16(3,4)5)6-7-14(11)17-10-21-12(2)18/h6-8,17H,9-10H2,1-5H3. The molecule has 0 amide bonds. The van der Waals surface area contributed by atoms with Gasteiger partial charge in [0.15, 0.2) is 13.3 Å². The summed E-state index contributed by atoms with van der Waals surface area (Å²) in [5, 5.41) is 2.98. The molecular weight excluding hydrogens is 286 g/mol. The van der Waals surface area contributed by atoms with E-state index in [0.29, 0.717) is 5.75 Å². The van der Waals surface area contributed by atoms with Crippen molar-refractivity contribution in [2.24, 2.45) is 0 Å². The maximum absolute atomic E-state index is 11.6. The Hall–Kier alpha value is -2.24. The van der Waals surface area contributed by atoms with Crippen LogP contribution >= 0.6 is 0 Å². The summed E-state index contributed by atoms with van der Waals surface area (Å²) in [5.41, 5.74) is 1.21. The lowest BCUT2D eigenvalue weighted by molar-refractivity contribution is -0.157. The number of hydrogen-bond acceptors (Lipinski definition) is 6. The fourth-order valence-electron chi connectivity index (χ4n) is 1.65. The first-order chi connectivity index (χ1) is 10.2. The van der Waals surface area contributed by atoms with E-state index in [0.717, 1.165) is 11.3 Å². The highest BCUT2D eigenvalue weighted by Gasteiger charge is 2.16. The van der Waals surface area contributed by atoms with Gasteiger partial charge in [-0.3, -0.25) is 4.79 Å². The van der Waals surface area contributed by atoms with E-state index >= 15 is 0 Å². The van der Waals surface area contributed by atoms with Crippen molar-refractivity contribution in [1.82, 2.24) is 0 Å². The normalized spacial score (nSPS) is 10.8. The Morgan fingerprint density at radius 3 is 2.45 bits per heavy atom. The zero-order valence-corrected chi connectivity index (χ0v) is 13.7. The number of rotatable bonds is 6. The van der Waals surface area contributed by atoms with Crippen molar-refractivity contribution in [2.75, 3.05) is 18.7 Å². The predicted octanol–water partition coefficient (Wildman–Crippen LogP) is 2.65. The molecule has 6 heteroatoms. The quantitative estimate of drug-likeness (QED) is 0.643. The van der Waals surface area contributed by atoms with Gasteiger partial charge in [-0.1, -0.05) is 0 Å². The van der Waals surface area contributed by atoms with E-state index in [-0.39, 0.29) is 19.3 Å². The lowest BCUT2D eigenvalue weighted by Gasteiger charge is -2.19. The van der Waals surface area contributed by atoms with E-state index in [2.05, 4.69) is 5.32 Å². The summed E-state index contributed by atoms with van der Waals surface area (Å²) in [5.74, 6) is -0.189. The Balaban J connectivity index is 2.51. The number of nitrogens with one attached hydrogen (secondary N) is 1. The zero-order valence-electron chi connectivity index (χ0n) is 13.7. The highest BCUT2D eigenvalue weighted by molar-refractivity contribution is 5.71. The van der Waals surface area contributed by atoms with E-state index in [4.69, 9.17) is 14.2 Å². The van der Waals surface area contributed by atoms with Crippen LogP contribution in [0.3, 0.4) is 0 Å². The number of aryl methyl sites for hydroxylation is 1. The zero-order chi connectivity index (χ0) is 16.8. The maximum atomic E-state index is 11.6. The summed E-state index contributed by atoms with van der Waals surface area (Å²) in [6.45, 7) is 8.61. The number of ether oxygens (including phenoxy) is 3. The van der Waals surface area contributed by atoms with Crippen LogP contribution in [0.1, 0.15) is 33.3 Å². The molecule has 0 atom stereocenters. The first kappa shape index (κ1) is 17.8. The summed E-state index contributed by atoms with van der Waals surface area (Å²) in [6.07, 6.45) is 0. The third-order valence-electron chi connectivity index (χ3n) is 2.51. The summed E-state index contributed by atoms with van der Waals surface area (Å²) < 4.78 is 15.4. The highest BCUT2D eigenvalue weighted by Crippen LogP contribution is 2.21. The van der Waals surface area contributed by atoms with Crippen molar-refractivity contribution < 1.29 is 23.8 Å². The number of esters is 2. The second-order valence-electron chi connectivity index (χ2n) is 5.81. The molecule has 1 aromatic rings. The molecule has 0 aliphatic rings. The molecule has 22 heavy (non-hydrogen) atoms. The van der Waals surface area contributed by atoms with Gasteiger partial charge >= 0.3 is 11.9 Å². The Bertz CT molecular complexity index is 534. The molecule has 0 aromatic heterocycles. The highest BCUT2D eigenvalue weighted by atomic mass is 16.6. The number of benzene rings is 1. The van der Waals surface area contributed by atoms with Gasteiger partial charge in [-0.05, 0) is 51.5 Å². The molecule has 0 radical (unpaired) electrons. The van der Waals surface area contributed by atoms with Crippen molar-refractivity contribution in [1.29, 1.82) is 0 Å². The average Bonchev–Trinajstić information content (AvgIpc) is 2.36. The largest absolute Gasteiger partial charge is 0.482 e. The van der Waals surface area contributed by atoms with Crippen LogP contribution in [-0.2, 0) is 19.1 Å².